The standard InChI is InChI=1S/C12H13Cl2NS/c1-15-8-2-3-9(15)5-7(4-8)12-11(14)10(13)6-16-12/h4,6,8-9H,2-3,5H2,1H3. The van der Waals surface area contributed by atoms with Crippen LogP contribution in [0, 0.1) is 0 Å². The van der Waals surface area contributed by atoms with Gasteiger partial charge in [0.1, 0.15) is 0 Å². The van der Waals surface area contributed by atoms with Crippen molar-refractivity contribution in [1.82, 2.24) is 4.90 Å². The summed E-state index contributed by atoms with van der Waals surface area (Å²) in [5.74, 6) is 0. The van der Waals surface area contributed by atoms with Crippen LogP contribution in [0.25, 0.3) is 5.57 Å². The minimum absolute atomic E-state index is 0.602. The third-order valence-corrected chi connectivity index (χ3v) is 5.81. The van der Waals surface area contributed by atoms with Gasteiger partial charge < -0.3 is 0 Å². The predicted octanol–water partition coefficient (Wildman–Crippen LogP) is 4.30. The number of thiophene rings is 1. The van der Waals surface area contributed by atoms with Crippen molar-refractivity contribution >= 4 is 40.1 Å². The van der Waals surface area contributed by atoms with Crippen LogP contribution in [0.5, 0.6) is 0 Å². The van der Waals surface area contributed by atoms with Gasteiger partial charge >= 0.3 is 0 Å². The van der Waals surface area contributed by atoms with E-state index in [9.17, 15) is 0 Å². The second-order valence-electron chi connectivity index (χ2n) is 4.59. The Kier molecular flexibility index (Phi) is 2.79. The van der Waals surface area contributed by atoms with Crippen LogP contribution in [-0.2, 0) is 0 Å². The molecule has 1 aromatic heterocycles. The summed E-state index contributed by atoms with van der Waals surface area (Å²) in [4.78, 5) is 3.66. The van der Waals surface area contributed by atoms with Crippen LogP contribution in [0.15, 0.2) is 11.5 Å². The molecule has 2 unspecified atom stereocenters. The first-order valence-electron chi connectivity index (χ1n) is 5.52. The molecule has 0 aliphatic carbocycles. The molecule has 2 atom stereocenters. The van der Waals surface area contributed by atoms with Gasteiger partial charge in [0.2, 0.25) is 0 Å². The summed E-state index contributed by atoms with van der Waals surface area (Å²) in [6.45, 7) is 0. The summed E-state index contributed by atoms with van der Waals surface area (Å²) in [6, 6.07) is 1.30. The van der Waals surface area contributed by atoms with E-state index in [1.165, 1.54) is 23.3 Å². The highest BCUT2D eigenvalue weighted by Gasteiger charge is 2.34. The maximum absolute atomic E-state index is 6.22. The molecule has 1 nitrogen and oxygen atoms in total. The molecule has 1 fully saturated rings. The Balaban J connectivity index is 1.98. The third-order valence-electron chi connectivity index (χ3n) is 3.72. The summed E-state index contributed by atoms with van der Waals surface area (Å²) >= 11 is 13.9. The van der Waals surface area contributed by atoms with E-state index in [-0.39, 0.29) is 0 Å². The normalized spacial score (nSPS) is 29.6. The maximum Gasteiger partial charge on any atom is 0.0775 e. The zero-order chi connectivity index (χ0) is 11.3. The topological polar surface area (TPSA) is 3.24 Å². The number of rotatable bonds is 1. The molecule has 16 heavy (non-hydrogen) atoms. The molecule has 0 saturated carbocycles. The average molecular weight is 274 g/mol. The first kappa shape index (κ1) is 11.1. The Morgan fingerprint density at radius 2 is 2.19 bits per heavy atom. The zero-order valence-electron chi connectivity index (χ0n) is 9.04. The average Bonchev–Trinajstić information content (AvgIpc) is 2.68. The fourth-order valence-corrected chi connectivity index (χ4v) is 4.26. The van der Waals surface area contributed by atoms with E-state index in [0.29, 0.717) is 17.1 Å². The smallest absolute Gasteiger partial charge is 0.0775 e. The Labute approximate surface area is 110 Å². The molecular formula is C12H13Cl2NS. The minimum Gasteiger partial charge on any atom is -0.297 e. The molecule has 1 saturated heterocycles. The fraction of sp³-hybridized carbons (Fsp3) is 0.500. The molecule has 3 rings (SSSR count). The second kappa shape index (κ2) is 4.02. The van der Waals surface area contributed by atoms with Crippen molar-refractivity contribution in [2.24, 2.45) is 0 Å². The number of nitrogens with zero attached hydrogens (tertiary/aromatic N) is 1. The lowest BCUT2D eigenvalue weighted by Gasteiger charge is -2.30. The Bertz CT molecular complexity index is 452. The number of halogens is 2. The van der Waals surface area contributed by atoms with Crippen molar-refractivity contribution < 1.29 is 0 Å². The summed E-state index contributed by atoms with van der Waals surface area (Å²) in [5, 5.41) is 3.36. The number of likely N-dealkylation sites (N-methyl/N-ethyl adjacent to an activating group) is 1. The van der Waals surface area contributed by atoms with Gasteiger partial charge in [0, 0.05) is 17.5 Å². The molecule has 2 aliphatic rings. The monoisotopic (exact) mass is 273 g/mol. The summed E-state index contributed by atoms with van der Waals surface area (Å²) in [6.07, 6.45) is 6.07. The lowest BCUT2D eigenvalue weighted by molar-refractivity contribution is 0.264. The van der Waals surface area contributed by atoms with Crippen molar-refractivity contribution in [2.75, 3.05) is 7.05 Å². The molecule has 1 aromatic rings. The largest absolute Gasteiger partial charge is 0.297 e. The zero-order valence-corrected chi connectivity index (χ0v) is 11.4. The fourth-order valence-electron chi connectivity index (χ4n) is 2.75. The van der Waals surface area contributed by atoms with Gasteiger partial charge in [-0.3, -0.25) is 4.90 Å². The van der Waals surface area contributed by atoms with Gasteiger partial charge in [-0.2, -0.15) is 0 Å². The van der Waals surface area contributed by atoms with Crippen molar-refractivity contribution in [3.8, 4) is 0 Å². The summed E-state index contributed by atoms with van der Waals surface area (Å²) < 4.78 is 0. The maximum atomic E-state index is 6.22. The van der Waals surface area contributed by atoms with Crippen LogP contribution in [0.4, 0.5) is 0 Å². The van der Waals surface area contributed by atoms with E-state index in [2.05, 4.69) is 18.0 Å². The third kappa shape index (κ3) is 1.63. The van der Waals surface area contributed by atoms with Crippen LogP contribution >= 0.6 is 34.5 Å². The van der Waals surface area contributed by atoms with Gasteiger partial charge in [-0.25, -0.2) is 0 Å². The molecule has 0 N–H and O–H groups in total. The highest BCUT2D eigenvalue weighted by Crippen LogP contribution is 2.43. The molecule has 2 aliphatic heterocycles. The molecular weight excluding hydrogens is 261 g/mol. The van der Waals surface area contributed by atoms with Gasteiger partial charge in [0.05, 0.1) is 14.9 Å². The van der Waals surface area contributed by atoms with Crippen molar-refractivity contribution in [3.63, 3.8) is 0 Å². The SMILES string of the molecule is CN1C2C=C(c3scc(Cl)c3Cl)CC1CC2. The van der Waals surface area contributed by atoms with Crippen LogP contribution in [0.3, 0.4) is 0 Å². The quantitative estimate of drug-likeness (QED) is 0.737. The molecule has 86 valence electrons. The highest BCUT2D eigenvalue weighted by atomic mass is 35.5. The molecule has 4 heteroatoms. The van der Waals surface area contributed by atoms with E-state index in [1.54, 1.807) is 11.3 Å². The molecule has 0 radical (unpaired) electrons. The van der Waals surface area contributed by atoms with Gasteiger partial charge in [0.15, 0.2) is 0 Å². The van der Waals surface area contributed by atoms with E-state index >= 15 is 0 Å². The summed E-state index contributed by atoms with van der Waals surface area (Å²) in [5.41, 5.74) is 1.40. The first-order valence-corrected chi connectivity index (χ1v) is 7.16. The first-order chi connectivity index (χ1) is 7.66. The van der Waals surface area contributed by atoms with Gasteiger partial charge in [-0.1, -0.05) is 29.3 Å². The van der Waals surface area contributed by atoms with E-state index in [1.807, 2.05) is 5.38 Å². The van der Waals surface area contributed by atoms with Gasteiger partial charge in [-0.05, 0) is 31.9 Å². The van der Waals surface area contributed by atoms with Gasteiger partial charge in [-0.15, -0.1) is 11.3 Å². The number of hydrogen-bond acceptors (Lipinski definition) is 2. The Hall–Kier alpha value is -0.0200. The molecule has 0 amide bonds. The molecule has 3 heterocycles. The van der Waals surface area contributed by atoms with Crippen molar-refractivity contribution in [3.05, 3.63) is 26.4 Å². The molecule has 0 spiro atoms. The highest BCUT2D eigenvalue weighted by molar-refractivity contribution is 7.12. The van der Waals surface area contributed by atoms with Crippen LogP contribution in [-0.4, -0.2) is 24.0 Å². The number of fused-ring (bicyclic) bond motifs is 2. The second-order valence-corrected chi connectivity index (χ2v) is 6.25. The predicted molar refractivity (Wildman–Crippen MR) is 71.5 cm³/mol. The van der Waals surface area contributed by atoms with E-state index < -0.39 is 0 Å². The van der Waals surface area contributed by atoms with Crippen LogP contribution in [0.2, 0.25) is 10.0 Å². The molecule has 2 bridgehead atoms. The van der Waals surface area contributed by atoms with Gasteiger partial charge in [0.25, 0.3) is 0 Å². The lowest BCUT2D eigenvalue weighted by Crippen LogP contribution is -2.34. The Morgan fingerprint density at radius 3 is 2.81 bits per heavy atom. The van der Waals surface area contributed by atoms with Crippen molar-refractivity contribution in [2.45, 2.75) is 31.3 Å². The van der Waals surface area contributed by atoms with Crippen molar-refractivity contribution in [1.29, 1.82) is 0 Å². The lowest BCUT2D eigenvalue weighted by atomic mass is 10.0. The number of hydrogen-bond donors (Lipinski definition) is 0. The van der Waals surface area contributed by atoms with Crippen LogP contribution in [0.1, 0.15) is 24.1 Å². The van der Waals surface area contributed by atoms with Crippen LogP contribution < -0.4 is 0 Å². The summed E-state index contributed by atoms with van der Waals surface area (Å²) in [7, 11) is 2.22. The molecule has 0 aromatic carbocycles. The Morgan fingerprint density at radius 1 is 1.38 bits per heavy atom. The minimum atomic E-state index is 0.602. The van der Waals surface area contributed by atoms with E-state index in [0.717, 1.165) is 11.4 Å². The van der Waals surface area contributed by atoms with E-state index in [4.69, 9.17) is 23.2 Å².